The van der Waals surface area contributed by atoms with Gasteiger partial charge < -0.3 is 9.84 Å². The van der Waals surface area contributed by atoms with E-state index in [-0.39, 0.29) is 12.4 Å². The smallest absolute Gasteiger partial charge is 0.178 e. The maximum absolute atomic E-state index is 12.8. The van der Waals surface area contributed by atoms with Crippen molar-refractivity contribution in [1.82, 2.24) is 0 Å². The molecule has 0 bridgehead atoms. The van der Waals surface area contributed by atoms with E-state index in [2.05, 4.69) is 6.92 Å². The maximum atomic E-state index is 12.8. The topological polar surface area (TPSA) is 63.6 Å². The molecule has 40 heavy (non-hydrogen) atoms. The van der Waals surface area contributed by atoms with E-state index >= 15 is 0 Å². The van der Waals surface area contributed by atoms with Crippen molar-refractivity contribution in [2.24, 2.45) is 0 Å². The lowest BCUT2D eigenvalue weighted by molar-refractivity contribution is 0.233. The van der Waals surface area contributed by atoms with Crippen molar-refractivity contribution in [3.8, 4) is 5.75 Å². The van der Waals surface area contributed by atoms with E-state index in [9.17, 15) is 8.42 Å². The first kappa shape index (κ1) is 34.1. The van der Waals surface area contributed by atoms with E-state index < -0.39 is 9.84 Å². The summed E-state index contributed by atoms with van der Waals surface area (Å²) in [5.74, 6) is 1.01. The molecular weight excluding hydrogens is 516 g/mol. The van der Waals surface area contributed by atoms with Crippen molar-refractivity contribution >= 4 is 22.0 Å². The van der Waals surface area contributed by atoms with Crippen LogP contribution < -0.4 is 4.74 Å². The van der Waals surface area contributed by atoms with Crippen molar-refractivity contribution in [3.05, 3.63) is 59.7 Å². The lowest BCUT2D eigenvalue weighted by Crippen LogP contribution is -2.06. The van der Waals surface area contributed by atoms with Gasteiger partial charge in [-0.25, -0.2) is 8.42 Å². The first-order valence-electron chi connectivity index (χ1n) is 15.9. The zero-order valence-corrected chi connectivity index (χ0v) is 25.8. The van der Waals surface area contributed by atoms with Gasteiger partial charge in [0.2, 0.25) is 0 Å². The summed E-state index contributed by atoms with van der Waals surface area (Å²) in [7, 11) is -3.23. The highest BCUT2D eigenvalue weighted by molar-refractivity contribution is 7.91. The molecule has 0 saturated heterocycles. The minimum Gasteiger partial charge on any atom is -0.494 e. The van der Waals surface area contributed by atoms with Crippen LogP contribution in [0.3, 0.4) is 0 Å². The third-order valence-electron chi connectivity index (χ3n) is 7.43. The predicted octanol–water partition coefficient (Wildman–Crippen LogP) is 9.65. The second kappa shape index (κ2) is 21.6. The zero-order valence-electron chi connectivity index (χ0n) is 25.0. The average molecular weight is 571 g/mol. The standard InChI is InChI=1S/C35H54O4S/c1-2-3-4-5-6-7-8-9-10-11-12-13-14-15-16-17-31-40(37,38)35-27-23-33(24-28-35)20-19-32-21-25-34(26-22-32)39-30-18-29-36/h19-28,36H,2-18,29-31H2,1H3/b20-19+. The summed E-state index contributed by atoms with van der Waals surface area (Å²) in [5.41, 5.74) is 2.00. The Kier molecular flexibility index (Phi) is 18.4. The van der Waals surface area contributed by atoms with Crippen molar-refractivity contribution in [1.29, 1.82) is 0 Å². The monoisotopic (exact) mass is 570 g/mol. The van der Waals surface area contributed by atoms with E-state index in [1.807, 2.05) is 48.6 Å². The van der Waals surface area contributed by atoms with Gasteiger partial charge in [-0.15, -0.1) is 0 Å². The molecule has 0 unspecified atom stereocenters. The Balaban J connectivity index is 1.55. The van der Waals surface area contributed by atoms with Crippen LogP contribution in [0.25, 0.3) is 12.2 Å². The molecule has 0 spiro atoms. The van der Waals surface area contributed by atoms with Gasteiger partial charge in [0.25, 0.3) is 0 Å². The molecule has 0 fully saturated rings. The summed E-state index contributed by atoms with van der Waals surface area (Å²) in [6.45, 7) is 2.90. The van der Waals surface area contributed by atoms with Gasteiger partial charge in [0.05, 0.1) is 17.3 Å². The van der Waals surface area contributed by atoms with Gasteiger partial charge in [0.1, 0.15) is 5.75 Å². The van der Waals surface area contributed by atoms with Gasteiger partial charge in [-0.05, 0) is 41.8 Å². The van der Waals surface area contributed by atoms with Gasteiger partial charge in [0.15, 0.2) is 9.84 Å². The van der Waals surface area contributed by atoms with E-state index in [0.717, 1.165) is 36.1 Å². The first-order valence-corrected chi connectivity index (χ1v) is 17.5. The first-order chi connectivity index (χ1) is 19.5. The van der Waals surface area contributed by atoms with Crippen LogP contribution in [0.5, 0.6) is 5.75 Å². The zero-order chi connectivity index (χ0) is 28.7. The number of hydrogen-bond acceptors (Lipinski definition) is 4. The minimum atomic E-state index is -3.23. The number of aliphatic hydroxyl groups is 1. The van der Waals surface area contributed by atoms with Crippen molar-refractivity contribution in [2.45, 2.75) is 121 Å². The number of sulfone groups is 1. The third kappa shape index (κ3) is 15.6. The fourth-order valence-electron chi connectivity index (χ4n) is 4.87. The Morgan fingerprint density at radius 1 is 0.600 bits per heavy atom. The summed E-state index contributed by atoms with van der Waals surface area (Å²) in [6.07, 6.45) is 25.2. The van der Waals surface area contributed by atoms with Gasteiger partial charge in [-0.2, -0.15) is 0 Å². The summed E-state index contributed by atoms with van der Waals surface area (Å²) in [6, 6.07) is 14.9. The Morgan fingerprint density at radius 2 is 1.02 bits per heavy atom. The number of benzene rings is 2. The number of hydrogen-bond donors (Lipinski definition) is 1. The molecule has 0 aromatic heterocycles. The molecule has 1 N–H and O–H groups in total. The van der Waals surface area contributed by atoms with Gasteiger partial charge in [0, 0.05) is 13.0 Å². The van der Waals surface area contributed by atoms with E-state index in [0.29, 0.717) is 17.9 Å². The van der Waals surface area contributed by atoms with Gasteiger partial charge in [-0.3, -0.25) is 0 Å². The van der Waals surface area contributed by atoms with Crippen LogP contribution in [0, 0.1) is 0 Å². The summed E-state index contributed by atoms with van der Waals surface area (Å²) in [4.78, 5) is 0.412. The predicted molar refractivity (Wildman–Crippen MR) is 171 cm³/mol. The second-order valence-electron chi connectivity index (χ2n) is 11.0. The van der Waals surface area contributed by atoms with Gasteiger partial charge in [-0.1, -0.05) is 140 Å². The number of rotatable bonds is 24. The third-order valence-corrected chi connectivity index (χ3v) is 9.24. The molecular formula is C35H54O4S. The van der Waals surface area contributed by atoms with E-state index in [4.69, 9.17) is 9.84 Å². The van der Waals surface area contributed by atoms with Gasteiger partial charge >= 0.3 is 0 Å². The van der Waals surface area contributed by atoms with Crippen molar-refractivity contribution < 1.29 is 18.3 Å². The molecule has 4 nitrogen and oxygen atoms in total. The Morgan fingerprint density at radius 3 is 1.48 bits per heavy atom. The molecule has 0 aliphatic rings. The lowest BCUT2D eigenvalue weighted by atomic mass is 10.0. The summed E-state index contributed by atoms with van der Waals surface area (Å²) >= 11 is 0. The molecule has 0 atom stereocenters. The van der Waals surface area contributed by atoms with E-state index in [1.165, 1.54) is 83.5 Å². The van der Waals surface area contributed by atoms with Crippen molar-refractivity contribution in [3.63, 3.8) is 0 Å². The highest BCUT2D eigenvalue weighted by Gasteiger charge is 2.13. The highest BCUT2D eigenvalue weighted by Crippen LogP contribution is 2.19. The fourth-order valence-corrected chi connectivity index (χ4v) is 6.24. The number of ether oxygens (including phenoxy) is 1. The Labute approximate surface area is 245 Å². The quantitative estimate of drug-likeness (QED) is 0.101. The van der Waals surface area contributed by atoms with Crippen LogP contribution in [-0.2, 0) is 9.84 Å². The molecule has 0 amide bonds. The lowest BCUT2D eigenvalue weighted by Gasteiger charge is -2.06. The van der Waals surface area contributed by atoms with Crippen LogP contribution in [0.2, 0.25) is 0 Å². The number of unbranched alkanes of at least 4 members (excludes halogenated alkanes) is 15. The van der Waals surface area contributed by atoms with Crippen molar-refractivity contribution in [2.75, 3.05) is 19.0 Å². The minimum absolute atomic E-state index is 0.125. The molecule has 5 heteroatoms. The highest BCUT2D eigenvalue weighted by atomic mass is 32.2. The molecule has 0 radical (unpaired) electrons. The molecule has 0 aliphatic heterocycles. The summed E-state index contributed by atoms with van der Waals surface area (Å²) in [5, 5.41) is 8.83. The largest absolute Gasteiger partial charge is 0.494 e. The molecule has 0 heterocycles. The van der Waals surface area contributed by atoms with Crippen LogP contribution in [0.15, 0.2) is 53.4 Å². The second-order valence-corrected chi connectivity index (χ2v) is 13.1. The molecule has 2 aromatic rings. The Bertz CT molecular complexity index is 1010. The Hall–Kier alpha value is -2.11. The van der Waals surface area contributed by atoms with E-state index in [1.54, 1.807) is 12.1 Å². The van der Waals surface area contributed by atoms with Crippen LogP contribution >= 0.6 is 0 Å². The molecule has 224 valence electrons. The van der Waals surface area contributed by atoms with Crippen LogP contribution in [-0.4, -0.2) is 32.5 Å². The number of aliphatic hydroxyl groups excluding tert-OH is 1. The van der Waals surface area contributed by atoms with Crippen LogP contribution in [0.4, 0.5) is 0 Å². The average Bonchev–Trinajstić information content (AvgIpc) is 2.97. The molecule has 2 aromatic carbocycles. The fraction of sp³-hybridized carbons (Fsp3) is 0.600. The SMILES string of the molecule is CCCCCCCCCCCCCCCCCCS(=O)(=O)c1ccc(/C=C/c2ccc(OCCCO)cc2)cc1. The normalized spacial score (nSPS) is 11.8. The molecule has 2 rings (SSSR count). The van der Waals surface area contributed by atoms with Crippen LogP contribution in [0.1, 0.15) is 127 Å². The molecule has 0 saturated carbocycles. The molecule has 0 aliphatic carbocycles. The summed E-state index contributed by atoms with van der Waals surface area (Å²) < 4.78 is 31.1. The maximum Gasteiger partial charge on any atom is 0.178 e.